The van der Waals surface area contributed by atoms with Crippen molar-refractivity contribution in [3.63, 3.8) is 0 Å². The summed E-state index contributed by atoms with van der Waals surface area (Å²) in [6.45, 7) is 0. The molecule has 0 fully saturated rings. The van der Waals surface area contributed by atoms with E-state index in [0.717, 1.165) is 41.8 Å². The van der Waals surface area contributed by atoms with Crippen LogP contribution in [0.15, 0.2) is 48.8 Å². The highest BCUT2D eigenvalue weighted by atomic mass is 19.4. The Morgan fingerprint density at radius 3 is 2.39 bits per heavy atom. The number of nitrogens with one attached hydrogen (secondary N) is 1. The molecular weight excluding hydrogens is 367 g/mol. The molecule has 1 atom stereocenters. The summed E-state index contributed by atoms with van der Waals surface area (Å²) in [6.07, 6.45) is 1.15. The number of nitrogens with two attached hydrogens (primary N) is 1. The lowest BCUT2D eigenvalue weighted by molar-refractivity contribution is -0.137. The summed E-state index contributed by atoms with van der Waals surface area (Å²) < 4.78 is 38.4. The number of pyridine rings is 1. The van der Waals surface area contributed by atoms with Crippen LogP contribution in [-0.2, 0) is 19.0 Å². The molecule has 3 N–H and O–H groups in total. The zero-order valence-corrected chi connectivity index (χ0v) is 14.9. The maximum Gasteiger partial charge on any atom is 0.416 e. The minimum atomic E-state index is -4.37. The van der Waals surface area contributed by atoms with Crippen LogP contribution < -0.4 is 11.1 Å². The fraction of sp³-hybridized carbons (Fsp3) is 0.250. The minimum absolute atomic E-state index is 0.0102. The van der Waals surface area contributed by atoms with E-state index < -0.39 is 11.7 Å². The zero-order chi connectivity index (χ0) is 19.7. The van der Waals surface area contributed by atoms with E-state index in [4.69, 9.17) is 5.73 Å². The van der Waals surface area contributed by atoms with Crippen LogP contribution in [0.2, 0.25) is 0 Å². The maximum absolute atomic E-state index is 12.8. The highest BCUT2D eigenvalue weighted by Crippen LogP contribution is 2.32. The molecule has 0 saturated heterocycles. The van der Waals surface area contributed by atoms with Crippen molar-refractivity contribution in [2.75, 3.05) is 5.32 Å². The van der Waals surface area contributed by atoms with Crippen LogP contribution in [0, 0.1) is 0 Å². The average Bonchev–Trinajstić information content (AvgIpc) is 2.68. The van der Waals surface area contributed by atoms with Crippen LogP contribution in [0.25, 0.3) is 11.4 Å². The van der Waals surface area contributed by atoms with E-state index in [2.05, 4.69) is 20.3 Å². The molecule has 3 aromatic rings. The van der Waals surface area contributed by atoms with E-state index >= 15 is 0 Å². The average molecular weight is 385 g/mol. The van der Waals surface area contributed by atoms with Gasteiger partial charge >= 0.3 is 6.18 Å². The molecule has 0 saturated carbocycles. The molecule has 0 radical (unpaired) electrons. The molecule has 0 spiro atoms. The Balaban J connectivity index is 1.72. The van der Waals surface area contributed by atoms with Crippen molar-refractivity contribution in [3.8, 4) is 11.4 Å². The zero-order valence-electron chi connectivity index (χ0n) is 14.9. The van der Waals surface area contributed by atoms with Gasteiger partial charge in [-0.2, -0.15) is 13.2 Å². The predicted octanol–water partition coefficient (Wildman–Crippen LogP) is 4.12. The first kappa shape index (κ1) is 18.4. The third-order valence-corrected chi connectivity index (χ3v) is 4.72. The summed E-state index contributed by atoms with van der Waals surface area (Å²) in [4.78, 5) is 13.3. The number of nitrogens with zero attached hydrogens (tertiary/aromatic N) is 3. The Morgan fingerprint density at radius 2 is 1.71 bits per heavy atom. The number of hydrogen-bond donors (Lipinski definition) is 2. The number of aromatic nitrogens is 3. The first-order valence-electron chi connectivity index (χ1n) is 8.90. The van der Waals surface area contributed by atoms with Gasteiger partial charge in [0.05, 0.1) is 5.56 Å². The smallest absolute Gasteiger partial charge is 0.340 e. The molecule has 144 valence electrons. The number of halogens is 3. The largest absolute Gasteiger partial charge is 0.416 e. The van der Waals surface area contributed by atoms with Gasteiger partial charge in [-0.05, 0) is 55.7 Å². The van der Waals surface area contributed by atoms with Gasteiger partial charge in [0.2, 0.25) is 0 Å². The molecular formula is C20H18F3N5. The molecule has 8 heteroatoms. The first-order valence-corrected chi connectivity index (χ1v) is 8.90. The fourth-order valence-corrected chi connectivity index (χ4v) is 3.25. The molecule has 4 rings (SSSR count). The van der Waals surface area contributed by atoms with Gasteiger partial charge in [0.25, 0.3) is 0 Å². The summed E-state index contributed by atoms with van der Waals surface area (Å²) >= 11 is 0. The molecule has 2 aromatic heterocycles. The highest BCUT2D eigenvalue weighted by Gasteiger charge is 2.30. The lowest BCUT2D eigenvalue weighted by Crippen LogP contribution is -2.29. The number of rotatable bonds is 3. The number of anilines is 2. The van der Waals surface area contributed by atoms with Crippen molar-refractivity contribution < 1.29 is 13.2 Å². The molecule has 28 heavy (non-hydrogen) atoms. The maximum atomic E-state index is 12.8. The number of alkyl halides is 3. The van der Waals surface area contributed by atoms with E-state index in [0.29, 0.717) is 23.8 Å². The van der Waals surface area contributed by atoms with Crippen molar-refractivity contribution in [1.82, 2.24) is 15.0 Å². The third kappa shape index (κ3) is 3.82. The normalized spacial score (nSPS) is 16.5. The van der Waals surface area contributed by atoms with Gasteiger partial charge in [-0.1, -0.05) is 0 Å². The predicted molar refractivity (Wildman–Crippen MR) is 100.0 cm³/mol. The van der Waals surface area contributed by atoms with Gasteiger partial charge in [0, 0.05) is 40.9 Å². The molecule has 1 aliphatic rings. The van der Waals surface area contributed by atoms with E-state index in [-0.39, 0.29) is 6.04 Å². The lowest BCUT2D eigenvalue weighted by Gasteiger charge is -2.24. The van der Waals surface area contributed by atoms with E-state index in [9.17, 15) is 13.2 Å². The highest BCUT2D eigenvalue weighted by molar-refractivity contribution is 5.65. The SMILES string of the molecule is N[C@@H]1CCc2nc(-c3ccncc3)nc(Nc3ccc(C(F)(F)F)cc3)c2C1. The summed E-state index contributed by atoms with van der Waals surface area (Å²) in [5.41, 5.74) is 8.59. The van der Waals surface area contributed by atoms with Crippen LogP contribution in [0.5, 0.6) is 0 Å². The Morgan fingerprint density at radius 1 is 1.00 bits per heavy atom. The van der Waals surface area contributed by atoms with Crippen molar-refractivity contribution >= 4 is 11.5 Å². The monoisotopic (exact) mass is 385 g/mol. The minimum Gasteiger partial charge on any atom is -0.340 e. The van der Waals surface area contributed by atoms with Crippen LogP contribution >= 0.6 is 0 Å². The number of hydrogen-bond acceptors (Lipinski definition) is 5. The van der Waals surface area contributed by atoms with E-state index in [1.165, 1.54) is 12.1 Å². The Hall–Kier alpha value is -3.00. The van der Waals surface area contributed by atoms with Gasteiger partial charge in [0.1, 0.15) is 5.82 Å². The summed E-state index contributed by atoms with van der Waals surface area (Å²) in [5.74, 6) is 1.12. The molecule has 2 heterocycles. The lowest BCUT2D eigenvalue weighted by atomic mass is 9.92. The summed E-state index contributed by atoms with van der Waals surface area (Å²) in [7, 11) is 0. The fourth-order valence-electron chi connectivity index (χ4n) is 3.25. The first-order chi connectivity index (χ1) is 13.4. The Kier molecular flexibility index (Phi) is 4.72. The van der Waals surface area contributed by atoms with Gasteiger partial charge in [-0.15, -0.1) is 0 Å². The van der Waals surface area contributed by atoms with Crippen molar-refractivity contribution in [2.24, 2.45) is 5.73 Å². The number of fused-ring (bicyclic) bond motifs is 1. The van der Waals surface area contributed by atoms with Crippen molar-refractivity contribution in [3.05, 3.63) is 65.6 Å². The van der Waals surface area contributed by atoms with Crippen LogP contribution in [-0.4, -0.2) is 21.0 Å². The second-order valence-corrected chi connectivity index (χ2v) is 6.76. The third-order valence-electron chi connectivity index (χ3n) is 4.72. The van der Waals surface area contributed by atoms with Crippen molar-refractivity contribution in [2.45, 2.75) is 31.5 Å². The summed E-state index contributed by atoms with van der Waals surface area (Å²) in [5, 5.41) is 3.15. The molecule has 1 aliphatic carbocycles. The Labute approximate surface area is 159 Å². The molecule has 0 aliphatic heterocycles. The van der Waals surface area contributed by atoms with Gasteiger partial charge < -0.3 is 11.1 Å². The number of aryl methyl sites for hydroxylation is 1. The van der Waals surface area contributed by atoms with Gasteiger partial charge in [0.15, 0.2) is 5.82 Å². The van der Waals surface area contributed by atoms with E-state index in [1.807, 2.05) is 12.1 Å². The van der Waals surface area contributed by atoms with Crippen LogP contribution in [0.1, 0.15) is 23.2 Å². The molecule has 0 amide bonds. The summed E-state index contributed by atoms with van der Waals surface area (Å²) in [6, 6.07) is 8.53. The second-order valence-electron chi connectivity index (χ2n) is 6.76. The van der Waals surface area contributed by atoms with Crippen molar-refractivity contribution in [1.29, 1.82) is 0 Å². The van der Waals surface area contributed by atoms with Gasteiger partial charge in [-0.25, -0.2) is 9.97 Å². The van der Waals surface area contributed by atoms with Crippen LogP contribution in [0.3, 0.4) is 0 Å². The second kappa shape index (κ2) is 7.20. The molecule has 0 unspecified atom stereocenters. The molecule has 0 bridgehead atoms. The van der Waals surface area contributed by atoms with Crippen LogP contribution in [0.4, 0.5) is 24.7 Å². The Bertz CT molecular complexity index is 972. The van der Waals surface area contributed by atoms with E-state index in [1.54, 1.807) is 12.4 Å². The molecule has 1 aromatic carbocycles. The number of benzene rings is 1. The molecule has 5 nitrogen and oxygen atoms in total. The topological polar surface area (TPSA) is 76.7 Å². The standard InChI is InChI=1S/C20H18F3N5/c21-20(22,23)13-1-4-15(5-2-13)26-19-16-11-14(24)3-6-17(16)27-18(28-19)12-7-9-25-10-8-12/h1-2,4-5,7-10,14H,3,6,11,24H2,(H,26,27,28)/t14-/m1/s1. The quantitative estimate of drug-likeness (QED) is 0.709. The van der Waals surface area contributed by atoms with Gasteiger partial charge in [-0.3, -0.25) is 4.98 Å².